The van der Waals surface area contributed by atoms with Gasteiger partial charge in [-0.15, -0.1) is 0 Å². The normalized spacial score (nSPS) is 19.6. The third kappa shape index (κ3) is 6.41. The predicted octanol–water partition coefficient (Wildman–Crippen LogP) is 6.45. The molecule has 1 saturated heterocycles. The number of anilines is 1. The first-order valence-corrected chi connectivity index (χ1v) is 16.2. The third-order valence-corrected chi connectivity index (χ3v) is 8.61. The molecule has 0 radical (unpaired) electrons. The van der Waals surface area contributed by atoms with Gasteiger partial charge in [-0.05, 0) is 56.0 Å². The molecule has 0 aliphatic carbocycles. The van der Waals surface area contributed by atoms with Crippen LogP contribution in [-0.4, -0.2) is 61.7 Å². The first-order valence-electron chi connectivity index (χ1n) is 15.8. The molecule has 1 amide bonds. The van der Waals surface area contributed by atoms with Crippen molar-refractivity contribution in [3.05, 3.63) is 113 Å². The molecule has 0 unspecified atom stereocenters. The highest BCUT2D eigenvalue weighted by Crippen LogP contribution is 2.41. The number of aliphatic hydroxyl groups excluding tert-OH is 1. The van der Waals surface area contributed by atoms with E-state index in [1.165, 1.54) is 6.33 Å². The van der Waals surface area contributed by atoms with Crippen LogP contribution >= 0.6 is 11.6 Å². The van der Waals surface area contributed by atoms with Crippen molar-refractivity contribution >= 4 is 34.8 Å². The molecular weight excluding hydrogens is 632 g/mol. The average Bonchev–Trinajstić information content (AvgIpc) is 3.64. The van der Waals surface area contributed by atoms with Crippen LogP contribution in [0.25, 0.3) is 11.2 Å². The summed E-state index contributed by atoms with van der Waals surface area (Å²) in [7, 11) is 1.63. The summed E-state index contributed by atoms with van der Waals surface area (Å²) in [5.41, 5.74) is 1.80. The second-order valence-corrected chi connectivity index (χ2v) is 13.0. The number of imidazole rings is 1. The summed E-state index contributed by atoms with van der Waals surface area (Å²) in [6, 6.07) is 27.1. The fraction of sp³-hybridized carbons (Fsp3) is 0.333. The Morgan fingerprint density at radius 1 is 0.958 bits per heavy atom. The summed E-state index contributed by atoms with van der Waals surface area (Å²) in [4.78, 5) is 26.7. The number of hydrogen-bond acceptors (Lipinski definition) is 9. The van der Waals surface area contributed by atoms with Gasteiger partial charge in [0.15, 0.2) is 17.0 Å². The van der Waals surface area contributed by atoms with Crippen molar-refractivity contribution in [2.24, 2.45) is 0 Å². The van der Waals surface area contributed by atoms with E-state index in [4.69, 9.17) is 30.8 Å². The molecule has 12 heteroatoms. The molecule has 3 N–H and O–H groups in total. The van der Waals surface area contributed by atoms with Gasteiger partial charge in [0.1, 0.15) is 28.5 Å². The van der Waals surface area contributed by atoms with E-state index in [1.54, 1.807) is 32.4 Å². The molecule has 0 saturated carbocycles. The Kier molecular flexibility index (Phi) is 9.28. The number of nitrogens with zero attached hydrogens (tertiary/aromatic N) is 4. The lowest BCUT2D eigenvalue weighted by molar-refractivity contribution is -0.0355. The average molecular weight is 671 g/mol. The Morgan fingerprint density at radius 3 is 2.12 bits per heavy atom. The molecule has 11 nitrogen and oxygen atoms in total. The van der Waals surface area contributed by atoms with Crippen LogP contribution in [0.2, 0.25) is 5.15 Å². The maximum Gasteiger partial charge on any atom is 0.408 e. The van der Waals surface area contributed by atoms with Crippen molar-refractivity contribution < 1.29 is 24.1 Å². The van der Waals surface area contributed by atoms with Gasteiger partial charge < -0.3 is 30.0 Å². The molecule has 2 aromatic heterocycles. The Bertz CT molecular complexity index is 1820. The number of alkyl carbamates (subject to hydrolysis) is 1. The Labute approximate surface area is 284 Å². The maximum atomic E-state index is 12.7. The monoisotopic (exact) mass is 670 g/mol. The lowest BCUT2D eigenvalue weighted by atomic mass is 9.77. The van der Waals surface area contributed by atoms with Crippen molar-refractivity contribution in [3.8, 4) is 5.75 Å². The van der Waals surface area contributed by atoms with Gasteiger partial charge in [-0.1, -0.05) is 91.3 Å². The highest BCUT2D eigenvalue weighted by molar-refractivity contribution is 6.33. The zero-order chi connectivity index (χ0) is 34.1. The van der Waals surface area contributed by atoms with Gasteiger partial charge >= 0.3 is 6.09 Å². The van der Waals surface area contributed by atoms with Crippen molar-refractivity contribution in [3.63, 3.8) is 0 Å². The van der Waals surface area contributed by atoms with Crippen LogP contribution in [0.15, 0.2) is 91.3 Å². The second-order valence-electron chi connectivity index (χ2n) is 12.6. The Morgan fingerprint density at radius 2 is 1.56 bits per heavy atom. The van der Waals surface area contributed by atoms with Crippen LogP contribution in [0.5, 0.6) is 5.75 Å². The molecule has 6 rings (SSSR count). The van der Waals surface area contributed by atoms with Gasteiger partial charge in [0.25, 0.3) is 0 Å². The first kappa shape index (κ1) is 33.2. The SMILES string of the molecule is CC[C@H]1O[C@@H](n2cnc3c(Cl)nc(NC(c4ccccc4)(c4ccccc4)c4ccc(OC)cc4)nc32)[C@H](O)[C@@H]1NC(=O)OC(C)(C)C. The quantitative estimate of drug-likeness (QED) is 0.119. The van der Waals surface area contributed by atoms with E-state index in [2.05, 4.69) is 20.6 Å². The minimum Gasteiger partial charge on any atom is -0.497 e. The van der Waals surface area contributed by atoms with Crippen LogP contribution in [0.3, 0.4) is 0 Å². The fourth-order valence-electron chi connectivity index (χ4n) is 6.17. The second kappa shape index (κ2) is 13.4. The Hall–Kier alpha value is -4.71. The van der Waals surface area contributed by atoms with Gasteiger partial charge in [-0.25, -0.2) is 9.78 Å². The van der Waals surface area contributed by atoms with Crippen LogP contribution in [0.4, 0.5) is 10.7 Å². The van der Waals surface area contributed by atoms with Crippen molar-refractivity contribution in [2.75, 3.05) is 12.4 Å². The first-order chi connectivity index (χ1) is 23.0. The molecule has 250 valence electrons. The predicted molar refractivity (Wildman–Crippen MR) is 183 cm³/mol. The highest BCUT2D eigenvalue weighted by atomic mass is 35.5. The lowest BCUT2D eigenvalue weighted by Gasteiger charge is -2.37. The molecule has 0 bridgehead atoms. The van der Waals surface area contributed by atoms with E-state index < -0.39 is 41.7 Å². The van der Waals surface area contributed by atoms with Gasteiger partial charge in [-0.2, -0.15) is 9.97 Å². The standard InChI is InChI=1S/C36H39ClN6O5/c1-6-26-27(39-34(45)48-35(2,3)4)29(44)32(47-26)43-21-38-28-30(37)40-33(41-31(28)43)42-36(22-13-9-7-10-14-22,23-15-11-8-12-16-23)24-17-19-25(46-5)20-18-24/h7-21,26-27,29,32,44H,6H2,1-5H3,(H,39,45)(H,40,41,42)/t26-,27-,29-,32-/m1/s1. The summed E-state index contributed by atoms with van der Waals surface area (Å²) < 4.78 is 18.8. The minimum atomic E-state index is -1.14. The lowest BCUT2D eigenvalue weighted by Crippen LogP contribution is -2.48. The smallest absolute Gasteiger partial charge is 0.408 e. The third-order valence-electron chi connectivity index (χ3n) is 8.35. The minimum absolute atomic E-state index is 0.119. The van der Waals surface area contributed by atoms with Crippen LogP contribution in [0, 0.1) is 0 Å². The summed E-state index contributed by atoms with van der Waals surface area (Å²) in [5, 5.41) is 18.1. The number of methoxy groups -OCH3 is 1. The summed E-state index contributed by atoms with van der Waals surface area (Å²) >= 11 is 6.78. The number of aromatic nitrogens is 4. The number of ether oxygens (including phenoxy) is 3. The number of rotatable bonds is 9. The van der Waals surface area contributed by atoms with Gasteiger partial charge in [0, 0.05) is 0 Å². The summed E-state index contributed by atoms with van der Waals surface area (Å²) in [5.74, 6) is 0.944. The molecule has 5 aromatic rings. The van der Waals surface area contributed by atoms with E-state index in [-0.39, 0.29) is 11.1 Å². The van der Waals surface area contributed by atoms with Gasteiger partial charge in [-0.3, -0.25) is 4.57 Å². The molecule has 3 heterocycles. The molecular formula is C36H39ClN6O5. The van der Waals surface area contributed by atoms with E-state index in [1.807, 2.05) is 91.9 Å². The van der Waals surface area contributed by atoms with Crippen molar-refractivity contribution in [1.29, 1.82) is 0 Å². The van der Waals surface area contributed by atoms with E-state index >= 15 is 0 Å². The van der Waals surface area contributed by atoms with Gasteiger partial charge in [0.2, 0.25) is 5.95 Å². The molecule has 1 aliphatic heterocycles. The summed E-state index contributed by atoms with van der Waals surface area (Å²) in [6.07, 6.45) is -1.16. The van der Waals surface area contributed by atoms with Crippen LogP contribution in [0.1, 0.15) is 57.0 Å². The van der Waals surface area contributed by atoms with E-state index in [0.29, 0.717) is 17.6 Å². The molecule has 0 spiro atoms. The molecule has 1 fully saturated rings. The number of halogens is 1. The zero-order valence-electron chi connectivity index (χ0n) is 27.4. The fourth-order valence-corrected chi connectivity index (χ4v) is 6.38. The molecule has 1 aliphatic rings. The van der Waals surface area contributed by atoms with Crippen molar-refractivity contribution in [1.82, 2.24) is 24.8 Å². The number of nitrogens with one attached hydrogen (secondary N) is 2. The number of amides is 1. The number of hydrogen-bond donors (Lipinski definition) is 3. The van der Waals surface area contributed by atoms with E-state index in [0.717, 1.165) is 22.4 Å². The van der Waals surface area contributed by atoms with E-state index in [9.17, 15) is 9.90 Å². The van der Waals surface area contributed by atoms with Crippen LogP contribution in [-0.2, 0) is 15.0 Å². The molecule has 48 heavy (non-hydrogen) atoms. The van der Waals surface area contributed by atoms with Crippen molar-refractivity contribution in [2.45, 2.75) is 69.7 Å². The number of benzene rings is 3. The number of carbonyl (C=O) groups is 1. The number of fused-ring (bicyclic) bond motifs is 1. The maximum absolute atomic E-state index is 12.7. The largest absolute Gasteiger partial charge is 0.497 e. The topological polar surface area (TPSA) is 133 Å². The Balaban J connectivity index is 1.44. The number of carbonyl (C=O) groups excluding carboxylic acids is 1. The molecule has 4 atom stereocenters. The van der Waals surface area contributed by atoms with Crippen LogP contribution < -0.4 is 15.4 Å². The summed E-state index contributed by atoms with van der Waals surface area (Å²) in [6.45, 7) is 7.25. The molecule has 3 aromatic carbocycles. The number of aliphatic hydroxyl groups is 1. The van der Waals surface area contributed by atoms with Gasteiger partial charge in [0.05, 0.1) is 25.6 Å². The zero-order valence-corrected chi connectivity index (χ0v) is 28.2. The highest BCUT2D eigenvalue weighted by Gasteiger charge is 2.46.